The number of carbonyl (C=O) groups is 1. The first-order valence-corrected chi connectivity index (χ1v) is 11.8. The van der Waals surface area contributed by atoms with Gasteiger partial charge in [0.05, 0.1) is 11.3 Å². The molecular formula is C23H24ClN3O4S. The molecule has 2 heterocycles. The summed E-state index contributed by atoms with van der Waals surface area (Å²) in [5.74, 6) is -0.865. The van der Waals surface area contributed by atoms with Crippen LogP contribution in [0, 0.1) is 0 Å². The Balaban J connectivity index is 1.79. The van der Waals surface area contributed by atoms with Gasteiger partial charge in [-0.25, -0.2) is 13.1 Å². The van der Waals surface area contributed by atoms with Crippen molar-refractivity contribution in [1.82, 2.24) is 14.3 Å². The normalized spacial score (nSPS) is 11.8. The molecule has 2 N–H and O–H groups in total. The van der Waals surface area contributed by atoms with Gasteiger partial charge in [-0.15, -0.1) is 0 Å². The highest BCUT2D eigenvalue weighted by molar-refractivity contribution is 7.89. The number of halogens is 1. The SMILES string of the molecule is Cn1c(CCC(=O)O)cc(/C=C/c2cccnc2)c1CCNS(=O)(=O)c1ccc(Cl)cc1. The Morgan fingerprint density at radius 2 is 1.94 bits per heavy atom. The van der Waals surface area contributed by atoms with E-state index in [1.165, 1.54) is 24.3 Å². The molecule has 1 aromatic carbocycles. The Morgan fingerprint density at radius 1 is 1.19 bits per heavy atom. The summed E-state index contributed by atoms with van der Waals surface area (Å²) >= 11 is 5.84. The molecule has 3 rings (SSSR count). The minimum absolute atomic E-state index is 0.0201. The summed E-state index contributed by atoms with van der Waals surface area (Å²) in [4.78, 5) is 15.3. The minimum Gasteiger partial charge on any atom is -0.481 e. The van der Waals surface area contributed by atoms with Crippen molar-refractivity contribution in [3.8, 4) is 0 Å². The molecule has 0 saturated carbocycles. The van der Waals surface area contributed by atoms with E-state index in [1.54, 1.807) is 12.4 Å². The van der Waals surface area contributed by atoms with Crippen LogP contribution in [-0.4, -0.2) is 35.6 Å². The molecule has 0 atom stereocenters. The summed E-state index contributed by atoms with van der Waals surface area (Å²) in [7, 11) is -1.80. The summed E-state index contributed by atoms with van der Waals surface area (Å²) in [6.45, 7) is 0.189. The molecule has 7 nitrogen and oxygen atoms in total. The van der Waals surface area contributed by atoms with E-state index in [0.717, 1.165) is 22.5 Å². The number of aromatic nitrogens is 2. The molecule has 0 aliphatic heterocycles. The van der Waals surface area contributed by atoms with Gasteiger partial charge < -0.3 is 9.67 Å². The number of carboxylic acids is 1. The number of pyridine rings is 1. The van der Waals surface area contributed by atoms with Crippen molar-refractivity contribution in [2.24, 2.45) is 7.05 Å². The molecule has 168 valence electrons. The molecule has 0 amide bonds. The summed E-state index contributed by atoms with van der Waals surface area (Å²) in [6, 6.07) is 11.7. The van der Waals surface area contributed by atoms with Crippen LogP contribution in [0.15, 0.2) is 59.8 Å². The van der Waals surface area contributed by atoms with E-state index in [1.807, 2.05) is 42.0 Å². The first-order chi connectivity index (χ1) is 15.3. The molecule has 0 aliphatic rings. The molecule has 0 fully saturated rings. The van der Waals surface area contributed by atoms with Crippen molar-refractivity contribution in [3.63, 3.8) is 0 Å². The van der Waals surface area contributed by atoms with E-state index in [2.05, 4.69) is 9.71 Å². The van der Waals surface area contributed by atoms with Gasteiger partial charge in [0, 0.05) is 48.8 Å². The van der Waals surface area contributed by atoms with E-state index in [9.17, 15) is 13.2 Å². The number of hydrogen-bond acceptors (Lipinski definition) is 4. The summed E-state index contributed by atoms with van der Waals surface area (Å²) in [6.07, 6.45) is 8.13. The third-order valence-electron chi connectivity index (χ3n) is 5.00. The number of benzene rings is 1. The van der Waals surface area contributed by atoms with Gasteiger partial charge in [-0.2, -0.15) is 0 Å². The molecule has 0 bridgehead atoms. The molecule has 0 saturated heterocycles. The van der Waals surface area contributed by atoms with Gasteiger partial charge in [-0.1, -0.05) is 29.8 Å². The highest BCUT2D eigenvalue weighted by Gasteiger charge is 2.16. The third-order valence-corrected chi connectivity index (χ3v) is 6.73. The topological polar surface area (TPSA) is 101 Å². The van der Waals surface area contributed by atoms with Crippen LogP contribution in [-0.2, 0) is 34.7 Å². The lowest BCUT2D eigenvalue weighted by molar-refractivity contribution is -0.136. The van der Waals surface area contributed by atoms with Crippen molar-refractivity contribution >= 4 is 39.7 Å². The first-order valence-electron chi connectivity index (χ1n) is 9.99. The number of hydrogen-bond donors (Lipinski definition) is 2. The lowest BCUT2D eigenvalue weighted by atomic mass is 10.1. The molecule has 2 aromatic heterocycles. The van der Waals surface area contributed by atoms with Crippen LogP contribution >= 0.6 is 11.6 Å². The van der Waals surface area contributed by atoms with Crippen molar-refractivity contribution < 1.29 is 18.3 Å². The Morgan fingerprint density at radius 3 is 2.59 bits per heavy atom. The second kappa shape index (κ2) is 10.6. The zero-order chi connectivity index (χ0) is 23.1. The maximum Gasteiger partial charge on any atom is 0.303 e. The van der Waals surface area contributed by atoms with Crippen LogP contribution in [0.2, 0.25) is 5.02 Å². The minimum atomic E-state index is -3.66. The number of nitrogens with one attached hydrogen (secondary N) is 1. The van der Waals surface area contributed by atoms with Crippen LogP contribution < -0.4 is 4.72 Å². The predicted octanol–water partition coefficient (Wildman–Crippen LogP) is 3.78. The lowest BCUT2D eigenvalue weighted by Gasteiger charge is -2.10. The van der Waals surface area contributed by atoms with Gasteiger partial charge in [-0.3, -0.25) is 9.78 Å². The van der Waals surface area contributed by atoms with Gasteiger partial charge in [0.2, 0.25) is 10.0 Å². The second-order valence-corrected chi connectivity index (χ2v) is 9.42. The molecule has 0 radical (unpaired) electrons. The molecular weight excluding hydrogens is 450 g/mol. The number of nitrogens with zero attached hydrogens (tertiary/aromatic N) is 2. The summed E-state index contributed by atoms with van der Waals surface area (Å²) in [5, 5.41) is 9.50. The predicted molar refractivity (Wildman–Crippen MR) is 125 cm³/mol. The highest BCUT2D eigenvalue weighted by atomic mass is 35.5. The van der Waals surface area contributed by atoms with Crippen LogP contribution in [0.3, 0.4) is 0 Å². The number of carboxylic acid groups (broad SMARTS) is 1. The van der Waals surface area contributed by atoms with Crippen LogP contribution in [0.25, 0.3) is 12.2 Å². The Kier molecular flexibility index (Phi) is 7.84. The maximum absolute atomic E-state index is 12.5. The van der Waals surface area contributed by atoms with Gasteiger partial charge in [-0.05, 0) is 53.9 Å². The molecule has 32 heavy (non-hydrogen) atoms. The van der Waals surface area contributed by atoms with E-state index in [0.29, 0.717) is 17.9 Å². The fraction of sp³-hybridized carbons (Fsp3) is 0.217. The van der Waals surface area contributed by atoms with E-state index >= 15 is 0 Å². The second-order valence-electron chi connectivity index (χ2n) is 7.21. The number of rotatable bonds is 10. The molecule has 0 unspecified atom stereocenters. The maximum atomic E-state index is 12.5. The van der Waals surface area contributed by atoms with Gasteiger partial charge >= 0.3 is 5.97 Å². The van der Waals surface area contributed by atoms with Crippen molar-refractivity contribution in [1.29, 1.82) is 0 Å². The standard InChI is InChI=1S/C23H24ClN3O4S/c1-27-20(8-11-23(28)29)15-18(5-4-17-3-2-13-25-16-17)22(27)12-14-26-32(30,31)21-9-6-19(24)7-10-21/h2-7,9-10,13,15-16,26H,8,11-12,14H2,1H3,(H,28,29)/b5-4+. The zero-order valence-electron chi connectivity index (χ0n) is 17.5. The Bertz CT molecular complexity index is 1200. The van der Waals surface area contributed by atoms with E-state index in [4.69, 9.17) is 16.7 Å². The van der Waals surface area contributed by atoms with E-state index in [-0.39, 0.29) is 17.9 Å². The third kappa shape index (κ3) is 6.29. The van der Waals surface area contributed by atoms with Crippen LogP contribution in [0.4, 0.5) is 0 Å². The Hall–Kier alpha value is -2.94. The molecule has 0 spiro atoms. The average Bonchev–Trinajstić information content (AvgIpc) is 3.06. The zero-order valence-corrected chi connectivity index (χ0v) is 19.1. The Labute approximate surface area is 192 Å². The average molecular weight is 474 g/mol. The van der Waals surface area contributed by atoms with Gasteiger partial charge in [0.15, 0.2) is 0 Å². The molecule has 9 heteroatoms. The van der Waals surface area contributed by atoms with Gasteiger partial charge in [0.1, 0.15) is 0 Å². The summed E-state index contributed by atoms with van der Waals surface area (Å²) in [5.41, 5.74) is 3.61. The first kappa shape index (κ1) is 23.7. The van der Waals surface area contributed by atoms with Crippen molar-refractivity contribution in [2.75, 3.05) is 6.54 Å². The smallest absolute Gasteiger partial charge is 0.303 e. The summed E-state index contributed by atoms with van der Waals surface area (Å²) < 4.78 is 29.7. The van der Waals surface area contributed by atoms with Crippen molar-refractivity contribution in [2.45, 2.75) is 24.2 Å². The fourth-order valence-electron chi connectivity index (χ4n) is 3.32. The van der Waals surface area contributed by atoms with Gasteiger partial charge in [0.25, 0.3) is 0 Å². The molecule has 3 aromatic rings. The highest BCUT2D eigenvalue weighted by Crippen LogP contribution is 2.20. The lowest BCUT2D eigenvalue weighted by Crippen LogP contribution is -2.26. The number of aryl methyl sites for hydroxylation is 1. The number of aliphatic carboxylic acids is 1. The fourth-order valence-corrected chi connectivity index (χ4v) is 4.48. The largest absolute Gasteiger partial charge is 0.481 e. The monoisotopic (exact) mass is 473 g/mol. The quantitative estimate of drug-likeness (QED) is 0.466. The van der Waals surface area contributed by atoms with Crippen LogP contribution in [0.1, 0.15) is 28.9 Å². The van der Waals surface area contributed by atoms with Crippen LogP contribution in [0.5, 0.6) is 0 Å². The van der Waals surface area contributed by atoms with Crippen molar-refractivity contribution in [3.05, 3.63) is 82.4 Å². The molecule has 0 aliphatic carbocycles. The van der Waals surface area contributed by atoms with E-state index < -0.39 is 16.0 Å². The number of sulfonamides is 1.